The molecule has 0 aliphatic carbocycles. The number of hydrogen-bond acceptors (Lipinski definition) is 3. The predicted molar refractivity (Wildman–Crippen MR) is 79.5 cm³/mol. The smallest absolute Gasteiger partial charge is 0.251 e. The van der Waals surface area contributed by atoms with Crippen LogP contribution in [0, 0.1) is 0 Å². The molecule has 20 heavy (non-hydrogen) atoms. The van der Waals surface area contributed by atoms with Crippen LogP contribution in [0.15, 0.2) is 53.0 Å². The third kappa shape index (κ3) is 3.37. The molecule has 0 fully saturated rings. The lowest BCUT2D eigenvalue weighted by molar-refractivity contribution is 0.0916. The molecular formula is C15H14BrNO3. The Labute approximate surface area is 125 Å². The Morgan fingerprint density at radius 3 is 2.50 bits per heavy atom. The fourth-order valence-corrected chi connectivity index (χ4v) is 2.06. The lowest BCUT2D eigenvalue weighted by Crippen LogP contribution is -2.30. The third-order valence-corrected chi connectivity index (χ3v) is 3.57. The number of benzene rings is 2. The zero-order chi connectivity index (χ0) is 14.5. The van der Waals surface area contributed by atoms with Gasteiger partial charge in [-0.1, -0.05) is 30.3 Å². The van der Waals surface area contributed by atoms with Gasteiger partial charge in [-0.05, 0) is 39.7 Å². The number of nitrogens with one attached hydrogen (secondary N) is 1. The van der Waals surface area contributed by atoms with E-state index < -0.39 is 6.04 Å². The molecule has 3 N–H and O–H groups in total. The van der Waals surface area contributed by atoms with Crippen molar-refractivity contribution in [1.29, 1.82) is 0 Å². The molecule has 0 spiro atoms. The quantitative estimate of drug-likeness (QED) is 0.804. The number of hydrogen-bond donors (Lipinski definition) is 3. The Balaban J connectivity index is 2.15. The number of aliphatic hydroxyl groups is 1. The van der Waals surface area contributed by atoms with Gasteiger partial charge in [0.2, 0.25) is 0 Å². The maximum atomic E-state index is 12.1. The van der Waals surface area contributed by atoms with Crippen molar-refractivity contribution in [1.82, 2.24) is 5.32 Å². The molecule has 4 nitrogen and oxygen atoms in total. The Morgan fingerprint density at radius 2 is 1.90 bits per heavy atom. The van der Waals surface area contributed by atoms with Crippen molar-refractivity contribution in [2.45, 2.75) is 6.04 Å². The van der Waals surface area contributed by atoms with Gasteiger partial charge in [0, 0.05) is 5.56 Å². The van der Waals surface area contributed by atoms with Crippen LogP contribution >= 0.6 is 15.9 Å². The maximum absolute atomic E-state index is 12.1. The summed E-state index contributed by atoms with van der Waals surface area (Å²) in [6.07, 6.45) is 0. The first kappa shape index (κ1) is 14.6. The number of phenols is 1. The summed E-state index contributed by atoms with van der Waals surface area (Å²) in [5.74, 6) is -0.353. The number of halogens is 1. The van der Waals surface area contributed by atoms with E-state index >= 15 is 0 Å². The van der Waals surface area contributed by atoms with E-state index in [2.05, 4.69) is 21.2 Å². The SMILES string of the molecule is O=C(NC(CO)c1ccccc1)c1ccc(Br)c(O)c1. The average molecular weight is 336 g/mol. The molecule has 104 valence electrons. The van der Waals surface area contributed by atoms with E-state index in [1.807, 2.05) is 30.3 Å². The van der Waals surface area contributed by atoms with Gasteiger partial charge in [0.25, 0.3) is 5.91 Å². The van der Waals surface area contributed by atoms with Crippen molar-refractivity contribution >= 4 is 21.8 Å². The van der Waals surface area contributed by atoms with E-state index in [4.69, 9.17) is 0 Å². The van der Waals surface area contributed by atoms with Crippen LogP contribution in [0.25, 0.3) is 0 Å². The Bertz CT molecular complexity index is 601. The van der Waals surface area contributed by atoms with Crippen LogP contribution in [0.4, 0.5) is 0 Å². The van der Waals surface area contributed by atoms with E-state index in [9.17, 15) is 15.0 Å². The van der Waals surface area contributed by atoms with Crippen LogP contribution in [0.5, 0.6) is 5.75 Å². The van der Waals surface area contributed by atoms with Gasteiger partial charge in [-0.2, -0.15) is 0 Å². The molecule has 0 bridgehead atoms. The molecule has 2 aromatic rings. The van der Waals surface area contributed by atoms with E-state index in [0.29, 0.717) is 10.0 Å². The van der Waals surface area contributed by atoms with Crippen LogP contribution < -0.4 is 5.32 Å². The predicted octanol–water partition coefficient (Wildman–Crippen LogP) is 2.62. The summed E-state index contributed by atoms with van der Waals surface area (Å²) in [5, 5.41) is 21.7. The fourth-order valence-electron chi connectivity index (χ4n) is 1.82. The number of rotatable bonds is 4. The van der Waals surface area contributed by atoms with Crippen molar-refractivity contribution in [3.8, 4) is 5.75 Å². The lowest BCUT2D eigenvalue weighted by Gasteiger charge is -2.16. The minimum atomic E-state index is -0.477. The molecule has 0 aliphatic heterocycles. The average Bonchev–Trinajstić information content (AvgIpc) is 2.48. The number of carbonyl (C=O) groups is 1. The van der Waals surface area contributed by atoms with Crippen LogP contribution in [-0.2, 0) is 0 Å². The number of amides is 1. The summed E-state index contributed by atoms with van der Waals surface area (Å²) in [5.41, 5.74) is 1.16. The molecule has 2 rings (SSSR count). The monoisotopic (exact) mass is 335 g/mol. The van der Waals surface area contributed by atoms with E-state index in [1.54, 1.807) is 12.1 Å². The second kappa shape index (κ2) is 6.54. The number of aliphatic hydroxyl groups excluding tert-OH is 1. The molecular weight excluding hydrogens is 322 g/mol. The molecule has 5 heteroatoms. The molecule has 1 amide bonds. The molecule has 1 atom stereocenters. The Morgan fingerprint density at radius 1 is 1.20 bits per heavy atom. The zero-order valence-corrected chi connectivity index (χ0v) is 12.2. The summed E-state index contributed by atoms with van der Waals surface area (Å²) < 4.78 is 0.524. The van der Waals surface area contributed by atoms with E-state index in [1.165, 1.54) is 6.07 Å². The van der Waals surface area contributed by atoms with Crippen LogP contribution in [0.2, 0.25) is 0 Å². The normalized spacial score (nSPS) is 11.9. The highest BCUT2D eigenvalue weighted by Crippen LogP contribution is 2.24. The van der Waals surface area contributed by atoms with Gasteiger partial charge in [0.1, 0.15) is 5.75 Å². The minimum absolute atomic E-state index is 0.00194. The molecule has 1 unspecified atom stereocenters. The lowest BCUT2D eigenvalue weighted by atomic mass is 10.1. The van der Waals surface area contributed by atoms with Gasteiger partial charge in [0.15, 0.2) is 0 Å². The maximum Gasteiger partial charge on any atom is 0.251 e. The molecule has 0 aromatic heterocycles. The standard InChI is InChI=1S/C15H14BrNO3/c16-12-7-6-11(8-14(12)19)15(20)17-13(9-18)10-4-2-1-3-5-10/h1-8,13,18-19H,9H2,(H,17,20). The first-order chi connectivity index (χ1) is 9.61. The second-order valence-electron chi connectivity index (χ2n) is 4.29. The molecule has 0 saturated heterocycles. The van der Waals surface area contributed by atoms with E-state index in [-0.39, 0.29) is 18.3 Å². The van der Waals surface area contributed by atoms with Crippen LogP contribution in [0.3, 0.4) is 0 Å². The van der Waals surface area contributed by atoms with Gasteiger partial charge in [-0.3, -0.25) is 4.79 Å². The van der Waals surface area contributed by atoms with Crippen LogP contribution in [-0.4, -0.2) is 22.7 Å². The van der Waals surface area contributed by atoms with Gasteiger partial charge < -0.3 is 15.5 Å². The summed E-state index contributed by atoms with van der Waals surface area (Å²) in [6.45, 7) is -0.196. The molecule has 0 saturated carbocycles. The highest BCUT2D eigenvalue weighted by molar-refractivity contribution is 9.10. The number of phenolic OH excluding ortho intramolecular Hbond substituents is 1. The number of aromatic hydroxyl groups is 1. The van der Waals surface area contributed by atoms with Gasteiger partial charge in [-0.25, -0.2) is 0 Å². The molecule has 2 aromatic carbocycles. The zero-order valence-electron chi connectivity index (χ0n) is 10.6. The highest BCUT2D eigenvalue weighted by atomic mass is 79.9. The molecule has 0 heterocycles. The fraction of sp³-hybridized carbons (Fsp3) is 0.133. The van der Waals surface area contributed by atoms with Gasteiger partial charge in [-0.15, -0.1) is 0 Å². The first-order valence-electron chi connectivity index (χ1n) is 6.07. The van der Waals surface area contributed by atoms with E-state index in [0.717, 1.165) is 5.56 Å². The Hall–Kier alpha value is -1.85. The summed E-state index contributed by atoms with van der Waals surface area (Å²) in [6, 6.07) is 13.3. The topological polar surface area (TPSA) is 69.6 Å². The first-order valence-corrected chi connectivity index (χ1v) is 6.86. The van der Waals surface area contributed by atoms with Crippen LogP contribution in [0.1, 0.15) is 22.0 Å². The third-order valence-electron chi connectivity index (χ3n) is 2.90. The largest absolute Gasteiger partial charge is 0.507 e. The van der Waals surface area contributed by atoms with Gasteiger partial charge in [0.05, 0.1) is 17.1 Å². The van der Waals surface area contributed by atoms with Crippen molar-refractivity contribution in [3.63, 3.8) is 0 Å². The highest BCUT2D eigenvalue weighted by Gasteiger charge is 2.15. The second-order valence-corrected chi connectivity index (χ2v) is 5.14. The van der Waals surface area contributed by atoms with Gasteiger partial charge >= 0.3 is 0 Å². The summed E-state index contributed by atoms with van der Waals surface area (Å²) in [7, 11) is 0. The van der Waals surface area contributed by atoms with Crippen molar-refractivity contribution in [3.05, 3.63) is 64.1 Å². The van der Waals surface area contributed by atoms with Crippen molar-refractivity contribution in [2.24, 2.45) is 0 Å². The molecule has 0 aliphatic rings. The van der Waals surface area contributed by atoms with Crippen molar-refractivity contribution in [2.75, 3.05) is 6.61 Å². The molecule has 0 radical (unpaired) electrons. The number of carbonyl (C=O) groups excluding carboxylic acids is 1. The minimum Gasteiger partial charge on any atom is -0.507 e. The Kier molecular flexibility index (Phi) is 4.76. The van der Waals surface area contributed by atoms with Crippen molar-refractivity contribution < 1.29 is 15.0 Å². The summed E-state index contributed by atoms with van der Waals surface area (Å²) in [4.78, 5) is 12.1. The summed E-state index contributed by atoms with van der Waals surface area (Å²) >= 11 is 3.16.